The third-order valence-electron chi connectivity index (χ3n) is 4.81. The van der Waals surface area contributed by atoms with E-state index in [4.69, 9.17) is 0 Å². The average molecular weight is 402 g/mol. The number of thiophene rings is 1. The normalized spacial score (nSPS) is 11.9. The highest BCUT2D eigenvalue weighted by Crippen LogP contribution is 2.32. The summed E-state index contributed by atoms with van der Waals surface area (Å²) in [5.74, 6) is 0. The van der Waals surface area contributed by atoms with E-state index in [9.17, 15) is 15.2 Å². The van der Waals surface area contributed by atoms with E-state index in [1.54, 1.807) is 24.5 Å². The van der Waals surface area contributed by atoms with Gasteiger partial charge in [-0.1, -0.05) is 42.5 Å². The van der Waals surface area contributed by atoms with Gasteiger partial charge in [-0.2, -0.15) is 0 Å². The second-order valence-corrected chi connectivity index (χ2v) is 7.60. The number of nitro groups is 1. The molecule has 29 heavy (non-hydrogen) atoms. The fraction of sp³-hybridized carbons (Fsp3) is 0.0870. The van der Waals surface area contributed by atoms with Crippen LogP contribution in [-0.2, 0) is 6.42 Å². The Balaban J connectivity index is 1.56. The Morgan fingerprint density at radius 2 is 1.66 bits per heavy atom. The van der Waals surface area contributed by atoms with Crippen LogP contribution < -0.4 is 0 Å². The van der Waals surface area contributed by atoms with Gasteiger partial charge < -0.3 is 5.11 Å². The number of rotatable bonds is 6. The first kappa shape index (κ1) is 19.0. The molecule has 0 bridgehead atoms. The molecule has 1 N–H and O–H groups in total. The lowest BCUT2D eigenvalue weighted by atomic mass is 9.97. The minimum atomic E-state index is -0.826. The summed E-state index contributed by atoms with van der Waals surface area (Å²) in [5.41, 5.74) is 4.14. The first-order valence-electron chi connectivity index (χ1n) is 9.11. The van der Waals surface area contributed by atoms with Gasteiger partial charge in [0.15, 0.2) is 0 Å². The quantitative estimate of drug-likeness (QED) is 0.333. The van der Waals surface area contributed by atoms with Gasteiger partial charge >= 0.3 is 0 Å². The van der Waals surface area contributed by atoms with Gasteiger partial charge in [0.05, 0.1) is 11.0 Å². The van der Waals surface area contributed by atoms with E-state index in [0.29, 0.717) is 5.56 Å². The van der Waals surface area contributed by atoms with Crippen LogP contribution in [0, 0.1) is 10.1 Å². The van der Waals surface area contributed by atoms with Crippen molar-refractivity contribution in [3.8, 4) is 21.6 Å². The van der Waals surface area contributed by atoms with Crippen molar-refractivity contribution in [2.24, 2.45) is 0 Å². The van der Waals surface area contributed by atoms with Gasteiger partial charge in [0.2, 0.25) is 0 Å². The minimum absolute atomic E-state index is 0.0309. The van der Waals surface area contributed by atoms with Gasteiger partial charge in [-0.25, -0.2) is 0 Å². The second kappa shape index (κ2) is 8.34. The van der Waals surface area contributed by atoms with Crippen molar-refractivity contribution in [1.29, 1.82) is 0 Å². The van der Waals surface area contributed by atoms with Crippen molar-refractivity contribution in [3.05, 3.63) is 106 Å². The Bertz CT molecular complexity index is 1110. The minimum Gasteiger partial charge on any atom is -0.388 e. The Labute approximate surface area is 172 Å². The van der Waals surface area contributed by atoms with E-state index in [-0.39, 0.29) is 17.0 Å². The van der Waals surface area contributed by atoms with Gasteiger partial charge in [-0.15, -0.1) is 11.3 Å². The molecule has 1 atom stereocenters. The van der Waals surface area contributed by atoms with E-state index in [1.165, 1.54) is 11.3 Å². The van der Waals surface area contributed by atoms with Crippen molar-refractivity contribution < 1.29 is 10.0 Å². The van der Waals surface area contributed by atoms with Gasteiger partial charge in [0.25, 0.3) is 5.69 Å². The van der Waals surface area contributed by atoms with Crippen LogP contribution in [0.5, 0.6) is 0 Å². The molecular formula is C23H18N2O3S. The molecule has 0 aliphatic carbocycles. The van der Waals surface area contributed by atoms with Gasteiger partial charge in [-0.3, -0.25) is 15.1 Å². The third kappa shape index (κ3) is 4.23. The van der Waals surface area contributed by atoms with Gasteiger partial charge in [0, 0.05) is 35.3 Å². The fourth-order valence-electron chi connectivity index (χ4n) is 3.27. The van der Waals surface area contributed by atoms with Gasteiger partial charge in [0.1, 0.15) is 0 Å². The number of nitrogens with zero attached hydrogens (tertiary/aromatic N) is 2. The SMILES string of the molecule is O=[N+]([O-])c1cc(-c2cccs2)ccc1CC(O)c1ccc(-c2ccncc2)cc1. The number of hydrogen-bond acceptors (Lipinski definition) is 5. The molecule has 0 aliphatic heterocycles. The first-order valence-corrected chi connectivity index (χ1v) is 9.99. The van der Waals surface area contributed by atoms with Crippen LogP contribution in [0.1, 0.15) is 17.2 Å². The van der Waals surface area contributed by atoms with E-state index in [1.807, 2.05) is 60.0 Å². The van der Waals surface area contributed by atoms with Crippen molar-refractivity contribution in [1.82, 2.24) is 4.98 Å². The molecule has 0 saturated carbocycles. The maximum Gasteiger partial charge on any atom is 0.273 e. The smallest absolute Gasteiger partial charge is 0.273 e. The lowest BCUT2D eigenvalue weighted by molar-refractivity contribution is -0.385. The molecule has 4 rings (SSSR count). The first-order chi connectivity index (χ1) is 14.1. The largest absolute Gasteiger partial charge is 0.388 e. The summed E-state index contributed by atoms with van der Waals surface area (Å²) in [4.78, 5) is 16.2. The Kier molecular flexibility index (Phi) is 5.46. The van der Waals surface area contributed by atoms with Crippen LogP contribution in [0.3, 0.4) is 0 Å². The van der Waals surface area contributed by atoms with Crippen LogP contribution in [0.4, 0.5) is 5.69 Å². The number of aliphatic hydroxyl groups is 1. The predicted octanol–water partition coefficient (Wildman–Crippen LogP) is 5.66. The van der Waals surface area contributed by atoms with Crippen LogP contribution in [0.15, 0.2) is 84.5 Å². The zero-order valence-electron chi connectivity index (χ0n) is 15.4. The topological polar surface area (TPSA) is 76.3 Å². The molecule has 5 nitrogen and oxygen atoms in total. The Morgan fingerprint density at radius 3 is 2.31 bits per heavy atom. The lowest BCUT2D eigenvalue weighted by Crippen LogP contribution is -2.04. The third-order valence-corrected chi connectivity index (χ3v) is 5.73. The van der Waals surface area contributed by atoms with Gasteiger partial charge in [-0.05, 0) is 45.8 Å². The summed E-state index contributed by atoms with van der Waals surface area (Å²) in [6.07, 6.45) is 2.82. The van der Waals surface area contributed by atoms with Crippen LogP contribution in [0.25, 0.3) is 21.6 Å². The highest BCUT2D eigenvalue weighted by atomic mass is 32.1. The number of nitro benzene ring substituents is 1. The maximum atomic E-state index is 11.6. The summed E-state index contributed by atoms with van der Waals surface area (Å²) in [6, 6.07) is 20.5. The van der Waals surface area contributed by atoms with Crippen molar-refractivity contribution in [2.45, 2.75) is 12.5 Å². The fourth-order valence-corrected chi connectivity index (χ4v) is 3.99. The van der Waals surface area contributed by atoms with Crippen molar-refractivity contribution in [2.75, 3.05) is 0 Å². The molecule has 0 radical (unpaired) electrons. The number of hydrogen-bond donors (Lipinski definition) is 1. The summed E-state index contributed by atoms with van der Waals surface area (Å²) in [5, 5.41) is 24.2. The number of pyridine rings is 1. The zero-order chi connectivity index (χ0) is 20.2. The summed E-state index contributed by atoms with van der Waals surface area (Å²) < 4.78 is 0. The molecule has 144 valence electrons. The summed E-state index contributed by atoms with van der Waals surface area (Å²) >= 11 is 1.54. The van der Waals surface area contributed by atoms with E-state index >= 15 is 0 Å². The summed E-state index contributed by atoms with van der Waals surface area (Å²) in [6.45, 7) is 0. The van der Waals surface area contributed by atoms with E-state index in [0.717, 1.165) is 27.1 Å². The van der Waals surface area contributed by atoms with Crippen LogP contribution >= 0.6 is 11.3 Å². The van der Waals surface area contributed by atoms with Crippen molar-refractivity contribution >= 4 is 17.0 Å². The number of benzene rings is 2. The molecule has 2 heterocycles. The average Bonchev–Trinajstić information content (AvgIpc) is 3.29. The van der Waals surface area contributed by atoms with E-state index in [2.05, 4.69) is 4.98 Å². The maximum absolute atomic E-state index is 11.6. The Morgan fingerprint density at radius 1 is 0.966 bits per heavy atom. The molecule has 2 aromatic carbocycles. The highest BCUT2D eigenvalue weighted by molar-refractivity contribution is 7.13. The molecule has 2 aromatic heterocycles. The monoisotopic (exact) mass is 402 g/mol. The van der Waals surface area contributed by atoms with Crippen LogP contribution in [-0.4, -0.2) is 15.0 Å². The van der Waals surface area contributed by atoms with Crippen LogP contribution in [0.2, 0.25) is 0 Å². The predicted molar refractivity (Wildman–Crippen MR) is 115 cm³/mol. The standard InChI is InChI=1S/C23H18N2O3S/c26-22(18-5-3-16(4-6-18)17-9-11-24-12-10-17)15-19-7-8-20(14-21(19)25(27)28)23-2-1-13-29-23/h1-14,22,26H,15H2. The molecule has 1 unspecified atom stereocenters. The Hall–Kier alpha value is -3.35. The molecule has 6 heteroatoms. The molecule has 0 saturated heterocycles. The number of aromatic nitrogens is 1. The molecule has 0 aliphatic rings. The van der Waals surface area contributed by atoms with E-state index < -0.39 is 6.10 Å². The second-order valence-electron chi connectivity index (χ2n) is 6.66. The zero-order valence-corrected chi connectivity index (χ0v) is 16.3. The van der Waals surface area contributed by atoms with Crippen molar-refractivity contribution in [3.63, 3.8) is 0 Å². The molecule has 4 aromatic rings. The molecule has 0 fully saturated rings. The highest BCUT2D eigenvalue weighted by Gasteiger charge is 2.19. The number of aliphatic hydroxyl groups excluding tert-OH is 1. The molecule has 0 amide bonds. The lowest BCUT2D eigenvalue weighted by Gasteiger charge is -2.13. The molecule has 0 spiro atoms. The molecular weight excluding hydrogens is 384 g/mol. The summed E-state index contributed by atoms with van der Waals surface area (Å²) in [7, 11) is 0.